The number of anilines is 2. The Bertz CT molecular complexity index is 338. The summed E-state index contributed by atoms with van der Waals surface area (Å²) in [6.07, 6.45) is 3.15. The Morgan fingerprint density at radius 1 is 1.53 bits per heavy atom. The highest BCUT2D eigenvalue weighted by Gasteiger charge is 2.09. The Morgan fingerprint density at radius 2 is 2.24 bits per heavy atom. The molecule has 1 rings (SSSR count). The van der Waals surface area contributed by atoms with Crippen molar-refractivity contribution in [1.82, 2.24) is 9.27 Å². The molecule has 1 aromatic heterocycles. The van der Waals surface area contributed by atoms with Crippen LogP contribution in [-0.2, 0) is 0 Å². The van der Waals surface area contributed by atoms with Crippen molar-refractivity contribution in [3.63, 3.8) is 0 Å². The van der Waals surface area contributed by atoms with E-state index in [9.17, 15) is 0 Å². The van der Waals surface area contributed by atoms with Gasteiger partial charge in [-0.3, -0.25) is 0 Å². The maximum absolute atomic E-state index is 5.77. The molecule has 0 fully saturated rings. The number of thioether (sulfide) groups is 1. The van der Waals surface area contributed by atoms with Crippen molar-refractivity contribution in [3.05, 3.63) is 0 Å². The molecule has 1 heterocycles. The van der Waals surface area contributed by atoms with E-state index in [1.807, 2.05) is 6.26 Å². The highest BCUT2D eigenvalue weighted by molar-refractivity contribution is 7.99. The summed E-state index contributed by atoms with van der Waals surface area (Å²) >= 11 is 3.09. The number of rotatable bonds is 7. The second-order valence-electron chi connectivity index (χ2n) is 4.28. The van der Waals surface area contributed by atoms with Gasteiger partial charge >= 0.3 is 0 Å². The molecule has 0 saturated carbocycles. The molecule has 0 saturated heterocycles. The zero-order chi connectivity index (χ0) is 12.8. The van der Waals surface area contributed by atoms with E-state index in [0.717, 1.165) is 29.4 Å². The SMILES string of the molecule is CSc1c(N)nsc1NCCCN(C)C(C)C. The molecule has 6 heteroatoms. The van der Waals surface area contributed by atoms with Crippen LogP contribution in [0, 0.1) is 0 Å². The minimum Gasteiger partial charge on any atom is -0.382 e. The van der Waals surface area contributed by atoms with Gasteiger partial charge in [-0.05, 0) is 51.6 Å². The van der Waals surface area contributed by atoms with E-state index in [4.69, 9.17) is 5.73 Å². The van der Waals surface area contributed by atoms with Crippen molar-refractivity contribution in [2.24, 2.45) is 0 Å². The molecule has 0 amide bonds. The van der Waals surface area contributed by atoms with E-state index in [-0.39, 0.29) is 0 Å². The first-order valence-corrected chi connectivity index (χ1v) is 7.79. The van der Waals surface area contributed by atoms with Crippen LogP contribution in [0.15, 0.2) is 4.90 Å². The molecule has 0 radical (unpaired) electrons. The summed E-state index contributed by atoms with van der Waals surface area (Å²) in [6, 6.07) is 0.607. The number of nitrogen functional groups attached to an aromatic ring is 1. The Hall–Kier alpha value is -0.460. The highest BCUT2D eigenvalue weighted by atomic mass is 32.2. The molecule has 3 N–H and O–H groups in total. The average molecular weight is 274 g/mol. The van der Waals surface area contributed by atoms with Crippen LogP contribution in [-0.4, -0.2) is 41.7 Å². The zero-order valence-corrected chi connectivity index (χ0v) is 12.6. The molecule has 0 bridgehead atoms. The first kappa shape index (κ1) is 14.6. The lowest BCUT2D eigenvalue weighted by Gasteiger charge is -2.20. The average Bonchev–Trinajstić information content (AvgIpc) is 2.64. The largest absolute Gasteiger partial charge is 0.382 e. The zero-order valence-electron chi connectivity index (χ0n) is 11.0. The van der Waals surface area contributed by atoms with Crippen molar-refractivity contribution in [1.29, 1.82) is 0 Å². The summed E-state index contributed by atoms with van der Waals surface area (Å²) in [6.45, 7) is 6.49. The minimum absolute atomic E-state index is 0.607. The molecule has 0 unspecified atom stereocenters. The van der Waals surface area contributed by atoms with Gasteiger partial charge in [0.1, 0.15) is 5.00 Å². The Kier molecular flexibility index (Phi) is 6.08. The van der Waals surface area contributed by atoms with Crippen molar-refractivity contribution >= 4 is 34.1 Å². The molecule has 4 nitrogen and oxygen atoms in total. The summed E-state index contributed by atoms with van der Waals surface area (Å²) in [4.78, 5) is 3.42. The fourth-order valence-electron chi connectivity index (χ4n) is 1.39. The Morgan fingerprint density at radius 3 is 2.82 bits per heavy atom. The van der Waals surface area contributed by atoms with Gasteiger partial charge < -0.3 is 16.0 Å². The molecule has 1 aromatic rings. The van der Waals surface area contributed by atoms with Gasteiger partial charge in [0.2, 0.25) is 0 Å². The smallest absolute Gasteiger partial charge is 0.153 e. The van der Waals surface area contributed by atoms with E-state index in [2.05, 4.69) is 35.5 Å². The molecule has 0 aliphatic carbocycles. The van der Waals surface area contributed by atoms with Gasteiger partial charge in [-0.1, -0.05) is 0 Å². The minimum atomic E-state index is 0.607. The van der Waals surface area contributed by atoms with Gasteiger partial charge in [0.05, 0.1) is 4.90 Å². The number of aromatic nitrogens is 1. The number of hydrogen-bond donors (Lipinski definition) is 2. The van der Waals surface area contributed by atoms with Gasteiger partial charge in [-0.15, -0.1) is 11.8 Å². The molecule has 17 heavy (non-hydrogen) atoms. The predicted octanol–water partition coefficient (Wildman–Crippen LogP) is 2.59. The summed E-state index contributed by atoms with van der Waals surface area (Å²) < 4.78 is 4.16. The van der Waals surface area contributed by atoms with Crippen molar-refractivity contribution < 1.29 is 0 Å². The Labute approximate surface area is 112 Å². The summed E-state index contributed by atoms with van der Waals surface area (Å²) in [5, 5.41) is 4.51. The lowest BCUT2D eigenvalue weighted by Crippen LogP contribution is -2.28. The third kappa shape index (κ3) is 4.37. The summed E-state index contributed by atoms with van der Waals surface area (Å²) in [5.74, 6) is 0.643. The van der Waals surface area contributed by atoms with Gasteiger partial charge in [0.15, 0.2) is 5.82 Å². The van der Waals surface area contributed by atoms with Gasteiger partial charge in [-0.2, -0.15) is 4.37 Å². The Balaban J connectivity index is 2.31. The van der Waals surface area contributed by atoms with Crippen LogP contribution >= 0.6 is 23.3 Å². The van der Waals surface area contributed by atoms with Crippen LogP contribution in [0.5, 0.6) is 0 Å². The van der Waals surface area contributed by atoms with Crippen LogP contribution in [0.1, 0.15) is 20.3 Å². The topological polar surface area (TPSA) is 54.2 Å². The second-order valence-corrected chi connectivity index (χ2v) is 5.87. The second kappa shape index (κ2) is 7.08. The number of nitrogens with zero attached hydrogens (tertiary/aromatic N) is 2. The first-order chi connectivity index (χ1) is 8.06. The van der Waals surface area contributed by atoms with Gasteiger partial charge in [-0.25, -0.2) is 0 Å². The van der Waals surface area contributed by atoms with Crippen LogP contribution in [0.4, 0.5) is 10.8 Å². The molecule has 0 aliphatic rings. The monoisotopic (exact) mass is 274 g/mol. The van der Waals surface area contributed by atoms with Crippen molar-refractivity contribution in [3.8, 4) is 0 Å². The third-order valence-corrected chi connectivity index (χ3v) is 4.50. The molecule has 0 aromatic carbocycles. The molecular weight excluding hydrogens is 252 g/mol. The van der Waals surface area contributed by atoms with E-state index >= 15 is 0 Å². The third-order valence-electron chi connectivity index (χ3n) is 2.73. The van der Waals surface area contributed by atoms with E-state index in [0.29, 0.717) is 11.9 Å². The number of hydrogen-bond acceptors (Lipinski definition) is 6. The van der Waals surface area contributed by atoms with Gasteiger partial charge in [0, 0.05) is 12.6 Å². The fourth-order valence-corrected chi connectivity index (χ4v) is 2.96. The fraction of sp³-hybridized carbons (Fsp3) is 0.727. The van der Waals surface area contributed by atoms with Crippen LogP contribution < -0.4 is 11.1 Å². The van der Waals surface area contributed by atoms with E-state index < -0.39 is 0 Å². The van der Waals surface area contributed by atoms with Crippen LogP contribution in [0.2, 0.25) is 0 Å². The molecular formula is C11H22N4S2. The molecule has 0 atom stereocenters. The number of nitrogens with two attached hydrogens (primary N) is 1. The van der Waals surface area contributed by atoms with Crippen molar-refractivity contribution in [2.75, 3.05) is 37.4 Å². The summed E-state index contributed by atoms with van der Waals surface area (Å²) in [5.41, 5.74) is 5.77. The van der Waals surface area contributed by atoms with E-state index in [1.165, 1.54) is 11.5 Å². The van der Waals surface area contributed by atoms with E-state index in [1.54, 1.807) is 11.8 Å². The molecule has 0 aliphatic heterocycles. The van der Waals surface area contributed by atoms with Crippen molar-refractivity contribution in [2.45, 2.75) is 31.2 Å². The summed E-state index contributed by atoms with van der Waals surface area (Å²) in [7, 11) is 2.16. The lowest BCUT2D eigenvalue weighted by molar-refractivity contribution is 0.273. The maximum Gasteiger partial charge on any atom is 0.153 e. The number of nitrogens with one attached hydrogen (secondary N) is 1. The lowest BCUT2D eigenvalue weighted by atomic mass is 10.3. The standard InChI is InChI=1S/C11H22N4S2/c1-8(2)15(3)7-5-6-13-11-9(16-4)10(12)14-17-11/h8,13H,5-7H2,1-4H3,(H2,12,14). The van der Waals surface area contributed by atoms with Crippen LogP contribution in [0.3, 0.4) is 0 Å². The maximum atomic E-state index is 5.77. The highest BCUT2D eigenvalue weighted by Crippen LogP contribution is 2.34. The predicted molar refractivity (Wildman–Crippen MR) is 79.2 cm³/mol. The first-order valence-electron chi connectivity index (χ1n) is 5.79. The van der Waals surface area contributed by atoms with Crippen LogP contribution in [0.25, 0.3) is 0 Å². The molecule has 0 spiro atoms. The molecule has 98 valence electrons. The quantitative estimate of drug-likeness (QED) is 0.591. The normalized spacial score (nSPS) is 11.4. The van der Waals surface area contributed by atoms with Gasteiger partial charge in [0.25, 0.3) is 0 Å².